The van der Waals surface area contributed by atoms with E-state index in [-0.39, 0.29) is 18.0 Å². The van der Waals surface area contributed by atoms with Gasteiger partial charge in [0, 0.05) is 6.07 Å². The molecule has 0 aromatic heterocycles. The molecule has 0 aliphatic heterocycles. The molecule has 136 valence electrons. The topological polar surface area (TPSA) is 55.8 Å². The minimum absolute atomic E-state index is 0.0102. The van der Waals surface area contributed by atoms with E-state index in [2.05, 4.69) is 0 Å². The number of rotatable bonds is 8. The van der Waals surface area contributed by atoms with Gasteiger partial charge >= 0.3 is 0 Å². The third kappa shape index (κ3) is 4.63. The quantitative estimate of drug-likeness (QED) is 0.715. The van der Waals surface area contributed by atoms with Gasteiger partial charge in [0.2, 0.25) is 10.0 Å². The fourth-order valence-corrected chi connectivity index (χ4v) is 3.99. The molecule has 0 bridgehead atoms. The normalized spacial score (nSPS) is 11.2. The van der Waals surface area contributed by atoms with E-state index in [9.17, 15) is 12.8 Å². The number of nitrogens with zero attached hydrogens (tertiary/aromatic N) is 1. The Morgan fingerprint density at radius 2 is 1.72 bits per heavy atom. The van der Waals surface area contributed by atoms with Crippen molar-refractivity contribution in [1.29, 1.82) is 0 Å². The first kappa shape index (κ1) is 19.1. The van der Waals surface area contributed by atoms with Crippen molar-refractivity contribution < 1.29 is 22.3 Å². The van der Waals surface area contributed by atoms with Crippen LogP contribution < -0.4 is 13.8 Å². The first-order valence-electron chi connectivity index (χ1n) is 7.88. The first-order valence-corrected chi connectivity index (χ1v) is 9.49. The highest BCUT2D eigenvalue weighted by Crippen LogP contribution is 2.32. The van der Waals surface area contributed by atoms with Gasteiger partial charge in [0.25, 0.3) is 0 Å². The maximum atomic E-state index is 13.5. The third-order valence-corrected chi connectivity index (χ3v) is 5.62. The largest absolute Gasteiger partial charge is 0.497 e. The molecule has 7 heteroatoms. The van der Waals surface area contributed by atoms with Crippen LogP contribution in [0.1, 0.15) is 18.9 Å². The Kier molecular flexibility index (Phi) is 6.25. The molecular formula is C18H22FNO4S. The van der Waals surface area contributed by atoms with E-state index < -0.39 is 15.8 Å². The van der Waals surface area contributed by atoms with Crippen LogP contribution in [0.4, 0.5) is 10.1 Å². The Morgan fingerprint density at radius 3 is 2.28 bits per heavy atom. The van der Waals surface area contributed by atoms with Crippen molar-refractivity contribution in [2.45, 2.75) is 19.9 Å². The van der Waals surface area contributed by atoms with Crippen molar-refractivity contribution in [2.75, 3.05) is 24.3 Å². The number of benzene rings is 2. The molecule has 0 N–H and O–H groups in total. The molecular weight excluding hydrogens is 345 g/mol. The Hall–Kier alpha value is -2.28. The van der Waals surface area contributed by atoms with Crippen molar-refractivity contribution >= 4 is 15.7 Å². The zero-order chi connectivity index (χ0) is 18.4. The lowest BCUT2D eigenvalue weighted by Crippen LogP contribution is -2.32. The summed E-state index contributed by atoms with van der Waals surface area (Å²) in [6.07, 6.45) is 0.477. The predicted octanol–water partition coefficient (Wildman–Crippen LogP) is 3.59. The number of halogens is 1. The summed E-state index contributed by atoms with van der Waals surface area (Å²) in [5.41, 5.74) is 1.10. The maximum Gasteiger partial charge on any atom is 0.235 e. The molecule has 0 fully saturated rings. The van der Waals surface area contributed by atoms with Gasteiger partial charge in [-0.2, -0.15) is 0 Å². The van der Waals surface area contributed by atoms with Gasteiger partial charge in [0.15, 0.2) is 0 Å². The van der Waals surface area contributed by atoms with E-state index in [0.717, 1.165) is 5.56 Å². The van der Waals surface area contributed by atoms with E-state index in [4.69, 9.17) is 9.47 Å². The number of sulfonamides is 1. The molecule has 0 heterocycles. The summed E-state index contributed by atoms with van der Waals surface area (Å²) in [7, 11) is -0.634. The number of hydrogen-bond acceptors (Lipinski definition) is 4. The van der Waals surface area contributed by atoms with E-state index in [0.29, 0.717) is 17.9 Å². The van der Waals surface area contributed by atoms with Crippen molar-refractivity contribution in [2.24, 2.45) is 0 Å². The highest BCUT2D eigenvalue weighted by Gasteiger charge is 2.25. The Morgan fingerprint density at radius 1 is 1.04 bits per heavy atom. The van der Waals surface area contributed by atoms with Crippen LogP contribution in [0.2, 0.25) is 0 Å². The average Bonchev–Trinajstić information content (AvgIpc) is 2.60. The molecule has 25 heavy (non-hydrogen) atoms. The summed E-state index contributed by atoms with van der Waals surface area (Å²) in [5, 5.41) is 0. The van der Waals surface area contributed by atoms with Crippen LogP contribution in [0.5, 0.6) is 11.5 Å². The molecule has 0 unspecified atom stereocenters. The molecule has 2 aromatic carbocycles. The van der Waals surface area contributed by atoms with E-state index in [1.54, 1.807) is 38.3 Å². The SMILES string of the molecule is CCCS(=O)(=O)N(Cc1ccc(OC)cc1)c1ccc(F)cc1OC. The summed E-state index contributed by atoms with van der Waals surface area (Å²) in [5.74, 6) is 0.362. The van der Waals surface area contributed by atoms with Crippen LogP contribution in [-0.2, 0) is 16.6 Å². The van der Waals surface area contributed by atoms with Crippen LogP contribution >= 0.6 is 0 Å². The molecule has 0 saturated heterocycles. The Bertz CT molecular complexity index is 806. The first-order chi connectivity index (χ1) is 11.9. The molecule has 2 aromatic rings. The summed E-state index contributed by atoms with van der Waals surface area (Å²) in [6, 6.07) is 10.9. The van der Waals surface area contributed by atoms with Gasteiger partial charge in [-0.1, -0.05) is 19.1 Å². The summed E-state index contributed by atoms with van der Waals surface area (Å²) < 4.78 is 50.6. The van der Waals surface area contributed by atoms with Crippen molar-refractivity contribution in [3.8, 4) is 11.5 Å². The minimum atomic E-state index is -3.59. The molecule has 0 aliphatic rings. The Balaban J connectivity index is 2.46. The number of methoxy groups -OCH3 is 2. The lowest BCUT2D eigenvalue weighted by molar-refractivity contribution is 0.411. The lowest BCUT2D eigenvalue weighted by atomic mass is 10.2. The van der Waals surface area contributed by atoms with E-state index in [1.165, 1.54) is 29.6 Å². The molecule has 0 amide bonds. The van der Waals surface area contributed by atoms with Crippen molar-refractivity contribution in [3.05, 3.63) is 53.8 Å². The molecule has 0 radical (unpaired) electrons. The number of hydrogen-bond donors (Lipinski definition) is 0. The lowest BCUT2D eigenvalue weighted by Gasteiger charge is -2.26. The zero-order valence-corrected chi connectivity index (χ0v) is 15.3. The fourth-order valence-electron chi connectivity index (χ4n) is 2.46. The highest BCUT2D eigenvalue weighted by molar-refractivity contribution is 7.92. The summed E-state index contributed by atoms with van der Waals surface area (Å²) in [4.78, 5) is 0. The average molecular weight is 367 g/mol. The van der Waals surface area contributed by atoms with Gasteiger partial charge in [-0.05, 0) is 36.2 Å². The van der Waals surface area contributed by atoms with Gasteiger partial charge in [-0.15, -0.1) is 0 Å². The smallest absolute Gasteiger partial charge is 0.235 e. The predicted molar refractivity (Wildman–Crippen MR) is 96.2 cm³/mol. The van der Waals surface area contributed by atoms with Gasteiger partial charge in [0.1, 0.15) is 17.3 Å². The second-order valence-corrected chi connectivity index (χ2v) is 7.50. The molecule has 0 saturated carbocycles. The molecule has 5 nitrogen and oxygen atoms in total. The zero-order valence-electron chi connectivity index (χ0n) is 14.5. The third-order valence-electron chi connectivity index (χ3n) is 3.69. The summed E-state index contributed by atoms with van der Waals surface area (Å²) >= 11 is 0. The van der Waals surface area contributed by atoms with E-state index in [1.807, 2.05) is 0 Å². The highest BCUT2D eigenvalue weighted by atomic mass is 32.2. The second kappa shape index (κ2) is 8.20. The minimum Gasteiger partial charge on any atom is -0.497 e. The van der Waals surface area contributed by atoms with Gasteiger partial charge in [-0.25, -0.2) is 12.8 Å². The van der Waals surface area contributed by atoms with Crippen LogP contribution in [0.15, 0.2) is 42.5 Å². The number of anilines is 1. The maximum absolute atomic E-state index is 13.5. The second-order valence-electron chi connectivity index (χ2n) is 5.49. The van der Waals surface area contributed by atoms with Gasteiger partial charge < -0.3 is 9.47 Å². The molecule has 0 atom stereocenters. The molecule has 2 rings (SSSR count). The molecule has 0 spiro atoms. The van der Waals surface area contributed by atoms with Crippen LogP contribution in [-0.4, -0.2) is 28.4 Å². The van der Waals surface area contributed by atoms with Gasteiger partial charge in [-0.3, -0.25) is 4.31 Å². The van der Waals surface area contributed by atoms with Crippen molar-refractivity contribution in [1.82, 2.24) is 0 Å². The van der Waals surface area contributed by atoms with Crippen molar-refractivity contribution in [3.63, 3.8) is 0 Å². The monoisotopic (exact) mass is 367 g/mol. The molecule has 0 aliphatic carbocycles. The fraction of sp³-hybridized carbons (Fsp3) is 0.333. The summed E-state index contributed by atoms with van der Waals surface area (Å²) in [6.45, 7) is 1.92. The van der Waals surface area contributed by atoms with E-state index >= 15 is 0 Å². The van der Waals surface area contributed by atoms with Crippen LogP contribution in [0.25, 0.3) is 0 Å². The standard InChI is InChI=1S/C18H22FNO4S/c1-4-11-25(21,22)20(13-14-5-8-16(23-2)9-6-14)17-10-7-15(19)12-18(17)24-3/h5-10,12H,4,11,13H2,1-3H3. The van der Waals surface area contributed by atoms with Gasteiger partial charge in [0.05, 0.1) is 32.2 Å². The number of ether oxygens (including phenoxy) is 2. The van der Waals surface area contributed by atoms with Crippen LogP contribution in [0.3, 0.4) is 0 Å². The Labute approximate surface area is 148 Å². The van der Waals surface area contributed by atoms with Crippen LogP contribution in [0, 0.1) is 5.82 Å².